The molecule has 1 heterocycles. The minimum atomic E-state index is -1.44. The van der Waals surface area contributed by atoms with E-state index in [1.807, 2.05) is 19.1 Å². The normalized spacial score (nSPS) is 21.3. The molecule has 1 saturated carbocycles. The Hall–Kier alpha value is -2.45. The van der Waals surface area contributed by atoms with E-state index in [4.69, 9.17) is 4.74 Å². The molecule has 7 nitrogen and oxygen atoms in total. The zero-order valence-corrected chi connectivity index (χ0v) is 18.8. The van der Waals surface area contributed by atoms with Crippen LogP contribution in [0.15, 0.2) is 24.4 Å². The molecule has 166 valence electrons. The van der Waals surface area contributed by atoms with Crippen molar-refractivity contribution >= 4 is 22.7 Å². The third-order valence-electron chi connectivity index (χ3n) is 6.03. The fraction of sp³-hybridized carbons (Fsp3) is 0.478. The fourth-order valence-corrected chi connectivity index (χ4v) is 4.95. The van der Waals surface area contributed by atoms with Crippen LogP contribution in [0.25, 0.3) is 11.1 Å². The first kappa shape index (κ1) is 21.8. The Labute approximate surface area is 185 Å². The van der Waals surface area contributed by atoms with E-state index in [1.165, 1.54) is 11.8 Å². The van der Waals surface area contributed by atoms with Crippen molar-refractivity contribution in [3.8, 4) is 17.0 Å². The first-order valence-electron chi connectivity index (χ1n) is 10.8. The molecule has 0 bridgehead atoms. The summed E-state index contributed by atoms with van der Waals surface area (Å²) in [5, 5.41) is 12.7. The highest BCUT2D eigenvalue weighted by atomic mass is 32.2. The molecule has 2 aromatic rings. The van der Waals surface area contributed by atoms with E-state index in [0.29, 0.717) is 5.88 Å². The number of anilines is 1. The minimum Gasteiger partial charge on any atom is -0.474 e. The highest BCUT2D eigenvalue weighted by Gasteiger charge is 2.24. The molecule has 1 aromatic heterocycles. The van der Waals surface area contributed by atoms with Crippen LogP contribution in [0.5, 0.6) is 5.88 Å². The zero-order chi connectivity index (χ0) is 22.0. The summed E-state index contributed by atoms with van der Waals surface area (Å²) in [5.74, 6) is 0.545. The van der Waals surface area contributed by atoms with Crippen LogP contribution in [0.4, 0.5) is 10.5 Å². The number of fused-ring (bicyclic) bond motifs is 1. The average molecular weight is 444 g/mol. The number of carbonyl (C=O) groups is 1. The van der Waals surface area contributed by atoms with Gasteiger partial charge < -0.3 is 15.2 Å². The fourth-order valence-electron chi connectivity index (χ4n) is 4.64. The Bertz CT molecular complexity index is 1000. The average Bonchev–Trinajstić information content (AvgIpc) is 3.18. The van der Waals surface area contributed by atoms with Gasteiger partial charge in [-0.15, -0.1) is 0 Å². The van der Waals surface area contributed by atoms with Crippen LogP contribution in [0.3, 0.4) is 0 Å². The minimum absolute atomic E-state index is 0.0511. The molecule has 1 aromatic carbocycles. The number of rotatable bonds is 5. The molecule has 4 rings (SSSR count). The van der Waals surface area contributed by atoms with Gasteiger partial charge in [-0.05, 0) is 80.2 Å². The summed E-state index contributed by atoms with van der Waals surface area (Å²) in [6.45, 7) is 2.04. The lowest BCUT2D eigenvalue weighted by Gasteiger charge is -2.26. The Kier molecular flexibility index (Phi) is 6.57. The molecular formula is C23H29N3O4S. The SMILES string of the molecule is Cc1cc2c(c(NC(=O)NS(C)=O)c1-c1ccnc(OC3CCC(O)CC3)c1)CCC2. The summed E-state index contributed by atoms with van der Waals surface area (Å²) in [5.41, 5.74) is 6.07. The van der Waals surface area contributed by atoms with Gasteiger partial charge in [-0.2, -0.15) is 0 Å². The van der Waals surface area contributed by atoms with Crippen LogP contribution in [0.1, 0.15) is 48.8 Å². The molecule has 1 atom stereocenters. The second kappa shape index (κ2) is 9.36. The molecule has 0 spiro atoms. The summed E-state index contributed by atoms with van der Waals surface area (Å²) in [6.07, 6.45) is 9.02. The van der Waals surface area contributed by atoms with Crippen LogP contribution in [-0.4, -0.2) is 38.8 Å². The predicted molar refractivity (Wildman–Crippen MR) is 122 cm³/mol. The first-order valence-corrected chi connectivity index (χ1v) is 12.3. The summed E-state index contributed by atoms with van der Waals surface area (Å²) >= 11 is 0. The Morgan fingerprint density at radius 3 is 2.74 bits per heavy atom. The number of amides is 2. The van der Waals surface area contributed by atoms with E-state index < -0.39 is 17.0 Å². The number of nitrogens with one attached hydrogen (secondary N) is 2. The molecule has 8 heteroatoms. The predicted octanol–water partition coefficient (Wildman–Crippen LogP) is 3.64. The van der Waals surface area contributed by atoms with E-state index in [0.717, 1.165) is 72.9 Å². The number of ether oxygens (including phenoxy) is 1. The molecule has 3 N–H and O–H groups in total. The number of nitrogens with zero attached hydrogens (tertiary/aromatic N) is 1. The third kappa shape index (κ3) is 5.07. The lowest BCUT2D eigenvalue weighted by atomic mass is 9.93. The van der Waals surface area contributed by atoms with Gasteiger partial charge in [0.2, 0.25) is 5.88 Å². The monoisotopic (exact) mass is 443 g/mol. The molecule has 1 fully saturated rings. The standard InChI is InChI=1S/C23H29N3O4S/c1-14-12-15-4-3-5-19(15)22(25-23(28)26-31(2)29)21(14)16-10-11-24-20(13-16)30-18-8-6-17(27)7-9-18/h10-13,17-18,27H,3-9H2,1-2H3,(H2,25,26,28). The number of aliphatic hydroxyl groups excluding tert-OH is 1. The van der Waals surface area contributed by atoms with Crippen molar-refractivity contribution in [3.63, 3.8) is 0 Å². The van der Waals surface area contributed by atoms with Crippen molar-refractivity contribution in [2.75, 3.05) is 11.6 Å². The van der Waals surface area contributed by atoms with Gasteiger partial charge in [0.1, 0.15) is 17.1 Å². The number of aryl methyl sites for hydroxylation is 2. The first-order chi connectivity index (χ1) is 14.9. The molecular weight excluding hydrogens is 414 g/mol. The van der Waals surface area contributed by atoms with E-state index >= 15 is 0 Å². The van der Waals surface area contributed by atoms with Crippen LogP contribution in [-0.2, 0) is 23.8 Å². The van der Waals surface area contributed by atoms with Crippen molar-refractivity contribution in [3.05, 3.63) is 41.1 Å². The second-order valence-corrected chi connectivity index (χ2v) is 9.49. The molecule has 2 aliphatic carbocycles. The summed E-state index contributed by atoms with van der Waals surface area (Å²) < 4.78 is 20.0. The van der Waals surface area contributed by atoms with Crippen molar-refractivity contribution in [2.45, 2.75) is 64.1 Å². The van der Waals surface area contributed by atoms with Crippen molar-refractivity contribution in [2.24, 2.45) is 0 Å². The van der Waals surface area contributed by atoms with Gasteiger partial charge in [0.05, 0.1) is 11.8 Å². The van der Waals surface area contributed by atoms with Crippen LogP contribution < -0.4 is 14.8 Å². The number of carbonyl (C=O) groups excluding carboxylic acids is 1. The summed E-state index contributed by atoms with van der Waals surface area (Å²) in [4.78, 5) is 16.8. The maximum atomic E-state index is 12.4. The van der Waals surface area contributed by atoms with Crippen LogP contribution in [0.2, 0.25) is 0 Å². The molecule has 2 aliphatic rings. The maximum absolute atomic E-state index is 12.4. The van der Waals surface area contributed by atoms with Crippen LogP contribution >= 0.6 is 0 Å². The Balaban J connectivity index is 1.67. The summed E-state index contributed by atoms with van der Waals surface area (Å²) in [6, 6.07) is 5.55. The number of aliphatic hydroxyl groups is 1. The number of pyridine rings is 1. The van der Waals surface area contributed by atoms with E-state index in [-0.39, 0.29) is 12.2 Å². The summed E-state index contributed by atoms with van der Waals surface area (Å²) in [7, 11) is -1.44. The highest BCUT2D eigenvalue weighted by molar-refractivity contribution is 7.82. The van der Waals surface area contributed by atoms with Gasteiger partial charge in [0.25, 0.3) is 0 Å². The van der Waals surface area contributed by atoms with Gasteiger partial charge in [0, 0.05) is 24.1 Å². The molecule has 31 heavy (non-hydrogen) atoms. The van der Waals surface area contributed by atoms with Crippen molar-refractivity contribution in [1.82, 2.24) is 9.71 Å². The molecule has 0 aliphatic heterocycles. The largest absolute Gasteiger partial charge is 0.474 e. The molecule has 0 saturated heterocycles. The number of urea groups is 1. The maximum Gasteiger partial charge on any atom is 0.331 e. The van der Waals surface area contributed by atoms with Crippen molar-refractivity contribution in [1.29, 1.82) is 0 Å². The van der Waals surface area contributed by atoms with Gasteiger partial charge in [-0.3, -0.25) is 4.72 Å². The van der Waals surface area contributed by atoms with Gasteiger partial charge >= 0.3 is 6.03 Å². The number of hydrogen-bond donors (Lipinski definition) is 3. The smallest absolute Gasteiger partial charge is 0.331 e. The topological polar surface area (TPSA) is 101 Å². The molecule has 0 radical (unpaired) electrons. The Morgan fingerprint density at radius 2 is 2.00 bits per heavy atom. The quantitative estimate of drug-likeness (QED) is 0.655. The van der Waals surface area contributed by atoms with E-state index in [1.54, 1.807) is 6.20 Å². The second-order valence-electron chi connectivity index (χ2n) is 8.38. The Morgan fingerprint density at radius 1 is 1.23 bits per heavy atom. The molecule has 1 unspecified atom stereocenters. The third-order valence-corrected chi connectivity index (χ3v) is 6.50. The van der Waals surface area contributed by atoms with E-state index in [2.05, 4.69) is 21.1 Å². The van der Waals surface area contributed by atoms with Crippen molar-refractivity contribution < 1.29 is 18.8 Å². The van der Waals surface area contributed by atoms with E-state index in [9.17, 15) is 14.1 Å². The lowest BCUT2D eigenvalue weighted by molar-refractivity contribution is 0.0644. The van der Waals surface area contributed by atoms with Crippen LogP contribution in [0, 0.1) is 6.92 Å². The number of aromatic nitrogens is 1. The van der Waals surface area contributed by atoms with Gasteiger partial charge in [0.15, 0.2) is 0 Å². The highest BCUT2D eigenvalue weighted by Crippen LogP contribution is 2.40. The number of benzene rings is 1. The zero-order valence-electron chi connectivity index (χ0n) is 17.9. The number of hydrogen-bond acceptors (Lipinski definition) is 5. The van der Waals surface area contributed by atoms with Gasteiger partial charge in [-0.25, -0.2) is 14.0 Å². The lowest BCUT2D eigenvalue weighted by Crippen LogP contribution is -2.30. The molecule has 2 amide bonds. The van der Waals surface area contributed by atoms with Gasteiger partial charge in [-0.1, -0.05) is 6.07 Å².